The molecule has 0 fully saturated rings. The van der Waals surface area contributed by atoms with E-state index in [-0.39, 0.29) is 48.4 Å². The van der Waals surface area contributed by atoms with Gasteiger partial charge in [-0.15, -0.1) is 0 Å². The summed E-state index contributed by atoms with van der Waals surface area (Å²) in [5.41, 5.74) is -1.10. The summed E-state index contributed by atoms with van der Waals surface area (Å²) in [4.78, 5) is 23.7. The second-order valence-electron chi connectivity index (χ2n) is 8.61. The van der Waals surface area contributed by atoms with Gasteiger partial charge in [-0.2, -0.15) is 26.3 Å². The molecular formula is C28H25F6NO4. The van der Waals surface area contributed by atoms with Gasteiger partial charge in [0.05, 0.1) is 31.1 Å². The Morgan fingerprint density at radius 3 is 2.13 bits per heavy atom. The molecule has 11 heteroatoms. The van der Waals surface area contributed by atoms with Crippen molar-refractivity contribution in [1.82, 2.24) is 5.32 Å². The Balaban J connectivity index is 1.81. The molecule has 0 saturated heterocycles. The molecular weight excluding hydrogens is 528 g/mol. The van der Waals surface area contributed by atoms with E-state index >= 15 is 0 Å². The van der Waals surface area contributed by atoms with Crippen LogP contribution in [0.5, 0.6) is 0 Å². The molecule has 0 aliphatic carbocycles. The van der Waals surface area contributed by atoms with Crippen LogP contribution >= 0.6 is 0 Å². The standard InChI is InChI=1S/C28H25F6NO4/c1-38-26(37)13-19-11-20(14-23(12-19)28(32,33)34)24-8-7-22(27(29,30)31)15-21(24)16-35-10-9-25(36)39-17-18-5-3-2-4-6-18/h2-8,11-12,14-15,35H,9-10,13,16-17H2,1H3. The van der Waals surface area contributed by atoms with Crippen LogP contribution in [0.1, 0.15) is 34.2 Å². The highest BCUT2D eigenvalue weighted by Crippen LogP contribution is 2.37. The maximum absolute atomic E-state index is 13.6. The molecule has 0 bridgehead atoms. The first-order valence-electron chi connectivity index (χ1n) is 11.8. The van der Waals surface area contributed by atoms with E-state index in [0.717, 1.165) is 43.0 Å². The highest BCUT2D eigenvalue weighted by Gasteiger charge is 2.33. The van der Waals surface area contributed by atoms with Gasteiger partial charge in [-0.3, -0.25) is 9.59 Å². The van der Waals surface area contributed by atoms with Crippen molar-refractivity contribution in [1.29, 1.82) is 0 Å². The number of methoxy groups -OCH3 is 1. The monoisotopic (exact) mass is 553 g/mol. The van der Waals surface area contributed by atoms with Gasteiger partial charge >= 0.3 is 24.3 Å². The van der Waals surface area contributed by atoms with Crippen LogP contribution < -0.4 is 5.32 Å². The van der Waals surface area contributed by atoms with Crippen molar-refractivity contribution in [2.45, 2.75) is 38.3 Å². The number of nitrogens with one attached hydrogen (secondary N) is 1. The summed E-state index contributed by atoms with van der Waals surface area (Å²) < 4.78 is 90.7. The molecule has 0 saturated carbocycles. The lowest BCUT2D eigenvalue weighted by Gasteiger charge is -2.17. The molecule has 3 aromatic carbocycles. The van der Waals surface area contributed by atoms with E-state index in [2.05, 4.69) is 10.1 Å². The Bertz CT molecular complexity index is 1290. The Labute approximate surface area is 220 Å². The minimum Gasteiger partial charge on any atom is -0.469 e. The number of carbonyl (C=O) groups excluding carboxylic acids is 2. The molecule has 0 aromatic heterocycles. The van der Waals surface area contributed by atoms with Crippen molar-refractivity contribution >= 4 is 11.9 Å². The fourth-order valence-electron chi connectivity index (χ4n) is 3.77. The number of carbonyl (C=O) groups is 2. The first kappa shape index (κ1) is 29.7. The van der Waals surface area contributed by atoms with Gasteiger partial charge in [-0.25, -0.2) is 0 Å². The number of alkyl halides is 6. The van der Waals surface area contributed by atoms with Crippen molar-refractivity contribution in [2.75, 3.05) is 13.7 Å². The van der Waals surface area contributed by atoms with Crippen LogP contribution in [0.15, 0.2) is 66.7 Å². The van der Waals surface area contributed by atoms with Crippen molar-refractivity contribution in [3.05, 3.63) is 94.5 Å². The van der Waals surface area contributed by atoms with Gasteiger partial charge in [0.25, 0.3) is 0 Å². The van der Waals surface area contributed by atoms with E-state index in [4.69, 9.17) is 4.74 Å². The van der Waals surface area contributed by atoms with Crippen molar-refractivity contribution in [2.24, 2.45) is 0 Å². The van der Waals surface area contributed by atoms with Crippen molar-refractivity contribution in [3.63, 3.8) is 0 Å². The molecule has 1 N–H and O–H groups in total. The number of rotatable bonds is 10. The number of ether oxygens (including phenoxy) is 2. The third-order valence-electron chi connectivity index (χ3n) is 5.70. The lowest BCUT2D eigenvalue weighted by molar-refractivity contribution is -0.145. The summed E-state index contributed by atoms with van der Waals surface area (Å²) in [7, 11) is 1.09. The number of hydrogen-bond acceptors (Lipinski definition) is 5. The summed E-state index contributed by atoms with van der Waals surface area (Å²) in [6.45, 7) is -0.0474. The minimum atomic E-state index is -4.76. The zero-order valence-corrected chi connectivity index (χ0v) is 20.8. The summed E-state index contributed by atoms with van der Waals surface area (Å²) in [5, 5.41) is 2.86. The van der Waals surface area contributed by atoms with E-state index in [1.807, 2.05) is 6.07 Å². The molecule has 208 valence electrons. The third-order valence-corrected chi connectivity index (χ3v) is 5.70. The molecule has 3 aromatic rings. The quantitative estimate of drug-likeness (QED) is 0.181. The largest absolute Gasteiger partial charge is 0.469 e. The summed E-state index contributed by atoms with van der Waals surface area (Å²) in [6.07, 6.45) is -9.97. The maximum Gasteiger partial charge on any atom is 0.416 e. The van der Waals surface area contributed by atoms with Crippen molar-refractivity contribution < 1.29 is 45.4 Å². The van der Waals surface area contributed by atoms with Crippen LogP contribution in [-0.2, 0) is 51.0 Å². The molecule has 0 radical (unpaired) electrons. The van der Waals surface area contributed by atoms with Crippen molar-refractivity contribution in [3.8, 4) is 11.1 Å². The maximum atomic E-state index is 13.6. The van der Waals surface area contributed by atoms with Crippen LogP contribution in [0, 0.1) is 0 Å². The van der Waals surface area contributed by atoms with E-state index in [1.165, 1.54) is 6.07 Å². The fourth-order valence-corrected chi connectivity index (χ4v) is 3.77. The lowest BCUT2D eigenvalue weighted by atomic mass is 9.93. The lowest BCUT2D eigenvalue weighted by Crippen LogP contribution is -2.20. The highest BCUT2D eigenvalue weighted by molar-refractivity contribution is 5.75. The average molecular weight is 553 g/mol. The predicted octanol–water partition coefficient (Wildman–Crippen LogP) is 6.33. The second kappa shape index (κ2) is 12.8. The van der Waals surface area contributed by atoms with E-state index in [9.17, 15) is 35.9 Å². The third kappa shape index (κ3) is 8.85. The Morgan fingerprint density at radius 2 is 1.49 bits per heavy atom. The minimum absolute atomic E-state index is 0.00774. The summed E-state index contributed by atoms with van der Waals surface area (Å²) in [6, 6.07) is 14.6. The predicted molar refractivity (Wildman–Crippen MR) is 130 cm³/mol. The number of benzene rings is 3. The van der Waals surface area contributed by atoms with Crippen LogP contribution in [0.3, 0.4) is 0 Å². The summed E-state index contributed by atoms with van der Waals surface area (Å²) in [5.74, 6) is -1.30. The van der Waals surface area contributed by atoms with E-state index in [0.29, 0.717) is 0 Å². The van der Waals surface area contributed by atoms with Gasteiger partial charge in [0, 0.05) is 13.1 Å². The number of hydrogen-bond donors (Lipinski definition) is 1. The Morgan fingerprint density at radius 1 is 0.795 bits per heavy atom. The van der Waals surface area contributed by atoms with E-state index in [1.54, 1.807) is 24.3 Å². The van der Waals surface area contributed by atoms with E-state index < -0.39 is 41.8 Å². The molecule has 0 atom stereocenters. The first-order valence-corrected chi connectivity index (χ1v) is 11.8. The topological polar surface area (TPSA) is 64.6 Å². The highest BCUT2D eigenvalue weighted by atomic mass is 19.4. The van der Waals surface area contributed by atoms with Gasteiger partial charge in [-0.05, 0) is 52.1 Å². The Kier molecular flexibility index (Phi) is 9.74. The number of esters is 2. The SMILES string of the molecule is COC(=O)Cc1cc(-c2ccc(C(F)(F)F)cc2CNCCC(=O)OCc2ccccc2)cc(C(F)(F)F)c1. The molecule has 0 aliphatic rings. The molecule has 0 heterocycles. The molecule has 0 spiro atoms. The van der Waals surface area contributed by atoms with Gasteiger partial charge in [0.1, 0.15) is 6.61 Å². The second-order valence-corrected chi connectivity index (χ2v) is 8.61. The van der Waals surface area contributed by atoms with Gasteiger partial charge in [-0.1, -0.05) is 42.5 Å². The number of halogens is 6. The molecule has 3 rings (SSSR count). The van der Waals surface area contributed by atoms with Gasteiger partial charge < -0.3 is 14.8 Å². The summed E-state index contributed by atoms with van der Waals surface area (Å²) >= 11 is 0. The molecule has 39 heavy (non-hydrogen) atoms. The zero-order chi connectivity index (χ0) is 28.6. The Hall–Kier alpha value is -3.86. The smallest absolute Gasteiger partial charge is 0.416 e. The van der Waals surface area contributed by atoms with Crippen LogP contribution in [0.4, 0.5) is 26.3 Å². The van der Waals surface area contributed by atoms with Crippen LogP contribution in [0.25, 0.3) is 11.1 Å². The fraction of sp³-hybridized carbons (Fsp3) is 0.286. The first-order chi connectivity index (χ1) is 18.4. The van der Waals surface area contributed by atoms with Crippen LogP contribution in [0.2, 0.25) is 0 Å². The molecule has 5 nitrogen and oxygen atoms in total. The van der Waals surface area contributed by atoms with Gasteiger partial charge in [0.15, 0.2) is 0 Å². The normalized spacial score (nSPS) is 11.8. The molecule has 0 amide bonds. The zero-order valence-electron chi connectivity index (χ0n) is 20.8. The average Bonchev–Trinajstić information content (AvgIpc) is 2.89. The molecule has 0 aliphatic heterocycles. The van der Waals surface area contributed by atoms with Crippen LogP contribution in [-0.4, -0.2) is 25.6 Å². The van der Waals surface area contributed by atoms with Gasteiger partial charge in [0.2, 0.25) is 0 Å². The molecule has 0 unspecified atom stereocenters.